The van der Waals surface area contributed by atoms with Crippen LogP contribution in [0.1, 0.15) is 26.3 Å². The summed E-state index contributed by atoms with van der Waals surface area (Å²) in [4.78, 5) is 19.4. The van der Waals surface area contributed by atoms with E-state index < -0.39 is 11.9 Å². The van der Waals surface area contributed by atoms with Crippen LogP contribution in [0.4, 0.5) is 0 Å². The lowest BCUT2D eigenvalue weighted by Crippen LogP contribution is -2.31. The van der Waals surface area contributed by atoms with E-state index in [0.29, 0.717) is 17.9 Å². The fourth-order valence-corrected chi connectivity index (χ4v) is 3.82. The Balaban J connectivity index is 0.000000801. The molecule has 33 heavy (non-hydrogen) atoms. The number of hydrogen-bond donors (Lipinski definition) is 3. The number of rotatable bonds is 11. The van der Waals surface area contributed by atoms with Crippen molar-refractivity contribution in [2.75, 3.05) is 27.4 Å². The van der Waals surface area contributed by atoms with Gasteiger partial charge in [-0.1, -0.05) is 32.0 Å². The Morgan fingerprint density at radius 3 is 2.09 bits per heavy atom. The van der Waals surface area contributed by atoms with E-state index >= 15 is 0 Å². The number of carboxylic acids is 2. The summed E-state index contributed by atoms with van der Waals surface area (Å²) in [5.74, 6) is -1.16. The van der Waals surface area contributed by atoms with Crippen LogP contribution >= 0.6 is 11.8 Å². The maximum absolute atomic E-state index is 9.10. The second kappa shape index (κ2) is 15.0. The van der Waals surface area contributed by atoms with Crippen LogP contribution in [0.25, 0.3) is 0 Å². The molecule has 0 radical (unpaired) electrons. The SMILES string of the molecule is COc1ccccc1OCCNC(C)Cc1ccc(OC)c(SC(C)C)c1.O=C(O)C(=O)O. The summed E-state index contributed by atoms with van der Waals surface area (Å²) in [6.07, 6.45) is 0.963. The summed E-state index contributed by atoms with van der Waals surface area (Å²) in [6, 6.07) is 14.5. The van der Waals surface area contributed by atoms with Gasteiger partial charge in [0.1, 0.15) is 12.4 Å². The molecule has 0 spiro atoms. The van der Waals surface area contributed by atoms with Gasteiger partial charge >= 0.3 is 11.9 Å². The van der Waals surface area contributed by atoms with Gasteiger partial charge in [0.25, 0.3) is 0 Å². The molecule has 0 aromatic heterocycles. The molecule has 0 aliphatic carbocycles. The Morgan fingerprint density at radius 2 is 1.55 bits per heavy atom. The summed E-state index contributed by atoms with van der Waals surface area (Å²) in [5, 5.41) is 18.8. The summed E-state index contributed by atoms with van der Waals surface area (Å²) in [5.41, 5.74) is 1.31. The monoisotopic (exact) mass is 479 g/mol. The maximum Gasteiger partial charge on any atom is 0.414 e. The Morgan fingerprint density at radius 1 is 0.939 bits per heavy atom. The summed E-state index contributed by atoms with van der Waals surface area (Å²) >= 11 is 1.84. The number of carboxylic acid groups (broad SMARTS) is 2. The van der Waals surface area contributed by atoms with Gasteiger partial charge in [-0.3, -0.25) is 0 Å². The third-order valence-electron chi connectivity index (χ3n) is 4.24. The normalized spacial score (nSPS) is 11.2. The lowest BCUT2D eigenvalue weighted by atomic mass is 10.1. The molecular formula is C24H33NO7S. The molecule has 0 fully saturated rings. The minimum absolute atomic E-state index is 0.358. The lowest BCUT2D eigenvalue weighted by Gasteiger charge is -2.17. The zero-order chi connectivity index (χ0) is 24.8. The molecule has 0 heterocycles. The summed E-state index contributed by atoms with van der Waals surface area (Å²) < 4.78 is 16.6. The fraction of sp³-hybridized carbons (Fsp3) is 0.417. The molecule has 182 valence electrons. The van der Waals surface area contributed by atoms with Crippen molar-refractivity contribution in [3.8, 4) is 17.2 Å². The van der Waals surface area contributed by atoms with Gasteiger partial charge in [0.05, 0.1) is 14.2 Å². The van der Waals surface area contributed by atoms with Crippen molar-refractivity contribution in [1.82, 2.24) is 5.32 Å². The van der Waals surface area contributed by atoms with Crippen LogP contribution in [0.15, 0.2) is 47.4 Å². The van der Waals surface area contributed by atoms with Gasteiger partial charge in [-0.2, -0.15) is 0 Å². The lowest BCUT2D eigenvalue weighted by molar-refractivity contribution is -0.159. The van der Waals surface area contributed by atoms with Crippen molar-refractivity contribution in [2.24, 2.45) is 0 Å². The number of carbonyl (C=O) groups is 2. The highest BCUT2D eigenvalue weighted by atomic mass is 32.2. The first kappa shape index (κ1) is 28.1. The Bertz CT molecular complexity index is 877. The minimum atomic E-state index is -1.82. The van der Waals surface area contributed by atoms with Crippen molar-refractivity contribution in [3.63, 3.8) is 0 Å². The average Bonchev–Trinajstić information content (AvgIpc) is 2.77. The molecule has 1 atom stereocenters. The molecule has 9 heteroatoms. The molecular weight excluding hydrogens is 446 g/mol. The fourth-order valence-electron chi connectivity index (χ4n) is 2.82. The first-order chi connectivity index (χ1) is 15.7. The zero-order valence-corrected chi connectivity index (χ0v) is 20.5. The van der Waals surface area contributed by atoms with E-state index in [0.717, 1.165) is 30.2 Å². The summed E-state index contributed by atoms with van der Waals surface area (Å²) in [7, 11) is 3.38. The molecule has 2 aromatic rings. The van der Waals surface area contributed by atoms with Crippen LogP contribution in [0.5, 0.6) is 17.2 Å². The highest BCUT2D eigenvalue weighted by Crippen LogP contribution is 2.33. The summed E-state index contributed by atoms with van der Waals surface area (Å²) in [6.45, 7) is 7.97. The molecule has 0 aliphatic rings. The van der Waals surface area contributed by atoms with Gasteiger partial charge in [0.2, 0.25) is 0 Å². The molecule has 3 N–H and O–H groups in total. The van der Waals surface area contributed by atoms with Gasteiger partial charge in [-0.15, -0.1) is 11.8 Å². The van der Waals surface area contributed by atoms with Crippen LogP contribution in [0.2, 0.25) is 0 Å². The number of ether oxygens (including phenoxy) is 3. The van der Waals surface area contributed by atoms with Crippen LogP contribution in [0, 0.1) is 0 Å². The second-order valence-electron chi connectivity index (χ2n) is 7.32. The van der Waals surface area contributed by atoms with Gasteiger partial charge in [-0.05, 0) is 43.2 Å². The standard InChI is InChI=1S/C22H31NO3S.C2H2O4/c1-16(2)27-22-15-18(10-11-21(22)25-5)14-17(3)23-12-13-26-20-9-7-6-8-19(20)24-4;3-1(4)2(5)6/h6-11,15-17,23H,12-14H2,1-5H3;(H,3,4)(H,5,6). The molecule has 0 bridgehead atoms. The quantitative estimate of drug-likeness (QED) is 0.250. The van der Waals surface area contributed by atoms with Gasteiger partial charge < -0.3 is 29.7 Å². The Hall–Kier alpha value is -2.91. The Kier molecular flexibility index (Phi) is 12.8. The zero-order valence-electron chi connectivity index (χ0n) is 19.7. The van der Waals surface area contributed by atoms with Crippen molar-refractivity contribution >= 4 is 23.7 Å². The number of benzene rings is 2. The smallest absolute Gasteiger partial charge is 0.414 e. The van der Waals surface area contributed by atoms with Crippen molar-refractivity contribution in [2.45, 2.75) is 43.4 Å². The van der Waals surface area contributed by atoms with E-state index in [4.69, 9.17) is 34.0 Å². The molecule has 0 saturated carbocycles. The largest absolute Gasteiger partial charge is 0.496 e. The Labute approximate surface area is 199 Å². The van der Waals surface area contributed by atoms with E-state index in [2.05, 4.69) is 44.3 Å². The molecule has 2 aromatic carbocycles. The molecule has 8 nitrogen and oxygen atoms in total. The average molecular weight is 480 g/mol. The van der Waals surface area contributed by atoms with Crippen molar-refractivity contribution < 1.29 is 34.0 Å². The highest BCUT2D eigenvalue weighted by Gasteiger charge is 2.10. The molecule has 0 aliphatic heterocycles. The first-order valence-corrected chi connectivity index (χ1v) is 11.3. The van der Waals surface area contributed by atoms with Crippen LogP contribution in [-0.4, -0.2) is 60.8 Å². The van der Waals surface area contributed by atoms with Crippen LogP contribution < -0.4 is 19.5 Å². The third-order valence-corrected chi connectivity index (χ3v) is 5.28. The molecule has 0 amide bonds. The van der Waals surface area contributed by atoms with Gasteiger partial charge in [-0.25, -0.2) is 9.59 Å². The third kappa shape index (κ3) is 11.0. The number of thioether (sulfide) groups is 1. The van der Waals surface area contributed by atoms with Crippen molar-refractivity contribution in [3.05, 3.63) is 48.0 Å². The van der Waals surface area contributed by atoms with Gasteiger partial charge in [0.15, 0.2) is 11.5 Å². The van der Waals surface area contributed by atoms with Crippen LogP contribution in [-0.2, 0) is 16.0 Å². The van der Waals surface area contributed by atoms with E-state index in [9.17, 15) is 0 Å². The number of para-hydroxylation sites is 2. The molecule has 1 unspecified atom stereocenters. The van der Waals surface area contributed by atoms with Crippen molar-refractivity contribution in [1.29, 1.82) is 0 Å². The van der Waals surface area contributed by atoms with Crippen LogP contribution in [0.3, 0.4) is 0 Å². The minimum Gasteiger partial charge on any atom is -0.496 e. The maximum atomic E-state index is 9.10. The predicted molar refractivity (Wildman–Crippen MR) is 129 cm³/mol. The van der Waals surface area contributed by atoms with E-state index in [1.165, 1.54) is 10.5 Å². The number of aliphatic carboxylic acids is 2. The second-order valence-corrected chi connectivity index (χ2v) is 8.94. The number of methoxy groups -OCH3 is 2. The molecule has 0 saturated heterocycles. The topological polar surface area (TPSA) is 114 Å². The van der Waals surface area contributed by atoms with Gasteiger partial charge in [0, 0.05) is 22.7 Å². The van der Waals surface area contributed by atoms with E-state index in [1.807, 2.05) is 36.0 Å². The highest BCUT2D eigenvalue weighted by molar-refractivity contribution is 8.00. The number of hydrogen-bond acceptors (Lipinski definition) is 7. The molecule has 2 rings (SSSR count). The number of nitrogens with one attached hydrogen (secondary N) is 1. The van der Waals surface area contributed by atoms with E-state index in [1.54, 1.807) is 14.2 Å². The van der Waals surface area contributed by atoms with E-state index in [-0.39, 0.29) is 0 Å². The predicted octanol–water partition coefficient (Wildman–Crippen LogP) is 3.96. The first-order valence-electron chi connectivity index (χ1n) is 10.5.